The molecular formula is C27H30N2O4. The Balaban J connectivity index is 1.30. The molecule has 33 heavy (non-hydrogen) atoms. The lowest BCUT2D eigenvalue weighted by molar-refractivity contribution is -0.134. The molecule has 4 rings (SSSR count). The molecule has 2 aromatic carbocycles. The lowest BCUT2D eigenvalue weighted by Gasteiger charge is -2.26. The Morgan fingerprint density at radius 1 is 0.970 bits per heavy atom. The largest absolute Gasteiger partial charge is 0.484 e. The van der Waals surface area contributed by atoms with E-state index in [1.807, 2.05) is 35.2 Å². The molecule has 2 heterocycles. The number of nitrogens with zero attached hydrogens (tertiary/aromatic N) is 1. The summed E-state index contributed by atoms with van der Waals surface area (Å²) in [5.41, 5.74) is 1.66. The van der Waals surface area contributed by atoms with Crippen LogP contribution in [0.25, 0.3) is 0 Å². The van der Waals surface area contributed by atoms with Crippen LogP contribution in [0.3, 0.4) is 0 Å². The van der Waals surface area contributed by atoms with Crippen LogP contribution in [0.15, 0.2) is 77.4 Å². The quantitative estimate of drug-likeness (QED) is 0.521. The number of nitrogens with one attached hydrogen (secondary N) is 1. The van der Waals surface area contributed by atoms with E-state index >= 15 is 0 Å². The number of ether oxygens (including phenoxy) is 1. The summed E-state index contributed by atoms with van der Waals surface area (Å²) in [7, 11) is 0. The zero-order valence-corrected chi connectivity index (χ0v) is 18.7. The molecule has 1 fully saturated rings. The Morgan fingerprint density at radius 2 is 1.79 bits per heavy atom. The monoisotopic (exact) mass is 446 g/mol. The second kappa shape index (κ2) is 11.4. The fourth-order valence-corrected chi connectivity index (χ4v) is 4.19. The van der Waals surface area contributed by atoms with Gasteiger partial charge in [-0.05, 0) is 61.6 Å². The molecule has 0 bridgehead atoms. The maximum Gasteiger partial charge on any atom is 0.260 e. The van der Waals surface area contributed by atoms with Gasteiger partial charge in [-0.15, -0.1) is 0 Å². The van der Waals surface area contributed by atoms with E-state index in [0.29, 0.717) is 24.3 Å². The Bertz CT molecular complexity index is 1030. The highest BCUT2D eigenvalue weighted by molar-refractivity contribution is 5.94. The second-order valence-electron chi connectivity index (χ2n) is 8.28. The van der Waals surface area contributed by atoms with Crippen molar-refractivity contribution in [1.29, 1.82) is 0 Å². The molecule has 1 N–H and O–H groups in total. The van der Waals surface area contributed by atoms with Crippen molar-refractivity contribution < 1.29 is 18.7 Å². The van der Waals surface area contributed by atoms with E-state index < -0.39 is 0 Å². The van der Waals surface area contributed by atoms with E-state index in [2.05, 4.69) is 17.4 Å². The number of hydrogen-bond acceptors (Lipinski definition) is 4. The number of piperidine rings is 1. The van der Waals surface area contributed by atoms with Crippen molar-refractivity contribution in [3.05, 3.63) is 89.9 Å². The van der Waals surface area contributed by atoms with Gasteiger partial charge in [-0.3, -0.25) is 9.59 Å². The number of furan rings is 1. The van der Waals surface area contributed by atoms with Gasteiger partial charge >= 0.3 is 0 Å². The summed E-state index contributed by atoms with van der Waals surface area (Å²) in [6, 6.07) is 20.9. The van der Waals surface area contributed by atoms with Crippen LogP contribution in [0.2, 0.25) is 0 Å². The minimum Gasteiger partial charge on any atom is -0.484 e. The summed E-state index contributed by atoms with van der Waals surface area (Å²) in [5, 5.41) is 2.99. The summed E-state index contributed by atoms with van der Waals surface area (Å²) in [6.45, 7) is 2.09. The lowest BCUT2D eigenvalue weighted by Crippen LogP contribution is -2.38. The molecule has 3 aromatic rings. The highest BCUT2D eigenvalue weighted by Crippen LogP contribution is 2.28. The van der Waals surface area contributed by atoms with Crippen molar-refractivity contribution in [3.63, 3.8) is 0 Å². The predicted molar refractivity (Wildman–Crippen MR) is 126 cm³/mol. The third kappa shape index (κ3) is 6.25. The molecule has 2 amide bonds. The average Bonchev–Trinajstić information content (AvgIpc) is 3.41. The molecule has 1 aromatic heterocycles. The first-order valence-electron chi connectivity index (χ1n) is 11.6. The zero-order chi connectivity index (χ0) is 22.9. The third-order valence-electron chi connectivity index (χ3n) is 5.97. The number of hydrogen-bond donors (Lipinski definition) is 1. The van der Waals surface area contributed by atoms with Crippen LogP contribution < -0.4 is 10.1 Å². The van der Waals surface area contributed by atoms with Crippen molar-refractivity contribution in [2.75, 3.05) is 26.2 Å². The van der Waals surface area contributed by atoms with Gasteiger partial charge in [0, 0.05) is 31.1 Å². The Kier molecular flexibility index (Phi) is 7.80. The predicted octanol–water partition coefficient (Wildman–Crippen LogP) is 4.62. The van der Waals surface area contributed by atoms with Gasteiger partial charge < -0.3 is 19.4 Å². The van der Waals surface area contributed by atoms with Crippen LogP contribution in [-0.2, 0) is 4.79 Å². The zero-order valence-electron chi connectivity index (χ0n) is 18.7. The average molecular weight is 447 g/mol. The number of benzene rings is 2. The maximum atomic E-state index is 12.7. The van der Waals surface area contributed by atoms with E-state index in [4.69, 9.17) is 9.15 Å². The molecular weight excluding hydrogens is 416 g/mol. The summed E-state index contributed by atoms with van der Waals surface area (Å²) in [5.74, 6) is 1.29. The number of carbonyl (C=O) groups excluding carboxylic acids is 2. The summed E-state index contributed by atoms with van der Waals surface area (Å²) in [6.07, 6.45) is 5.66. The van der Waals surface area contributed by atoms with Crippen molar-refractivity contribution in [2.24, 2.45) is 0 Å². The van der Waals surface area contributed by atoms with Crippen LogP contribution in [0.4, 0.5) is 0 Å². The minimum atomic E-state index is -0.172. The number of amides is 2. The maximum absolute atomic E-state index is 12.7. The van der Waals surface area contributed by atoms with Crippen molar-refractivity contribution in [1.82, 2.24) is 10.2 Å². The fraction of sp³-hybridized carbons (Fsp3) is 0.333. The van der Waals surface area contributed by atoms with Gasteiger partial charge in [-0.25, -0.2) is 0 Å². The molecule has 0 spiro atoms. The molecule has 0 radical (unpaired) electrons. The minimum absolute atomic E-state index is 0.00515. The summed E-state index contributed by atoms with van der Waals surface area (Å²) < 4.78 is 11.3. The molecule has 172 valence electrons. The SMILES string of the molecule is O=C(NCC[C@H](c1ccccc1)c1ccco1)c1cccc(OCC(=O)N2CCCCC2)c1. The molecule has 1 atom stereocenters. The van der Waals surface area contributed by atoms with E-state index in [0.717, 1.165) is 37.3 Å². The first-order chi connectivity index (χ1) is 16.2. The Labute approximate surface area is 194 Å². The van der Waals surface area contributed by atoms with Crippen molar-refractivity contribution >= 4 is 11.8 Å². The number of carbonyl (C=O) groups is 2. The standard InChI is InChI=1S/C27H30N2O4/c30-26(29-16-5-2-6-17-29)20-33-23-12-7-11-22(19-23)27(31)28-15-14-24(25-13-8-18-32-25)21-9-3-1-4-10-21/h1,3-4,7-13,18-19,24H,2,5-6,14-17,20H2,(H,28,31)/t24-/m1/s1. The first kappa shape index (κ1) is 22.6. The molecule has 1 saturated heterocycles. The fourth-order valence-electron chi connectivity index (χ4n) is 4.19. The van der Waals surface area contributed by atoms with Crippen LogP contribution in [0, 0.1) is 0 Å². The van der Waals surface area contributed by atoms with Crippen molar-refractivity contribution in [3.8, 4) is 5.75 Å². The highest BCUT2D eigenvalue weighted by Gasteiger charge is 2.18. The Morgan fingerprint density at radius 3 is 2.55 bits per heavy atom. The van der Waals surface area contributed by atoms with Gasteiger partial charge in [0.15, 0.2) is 6.61 Å². The molecule has 0 unspecified atom stereocenters. The number of likely N-dealkylation sites (tertiary alicyclic amines) is 1. The van der Waals surface area contributed by atoms with E-state index in [-0.39, 0.29) is 24.3 Å². The van der Waals surface area contributed by atoms with Gasteiger partial charge in [-0.2, -0.15) is 0 Å². The van der Waals surface area contributed by atoms with E-state index in [1.165, 1.54) is 6.42 Å². The van der Waals surface area contributed by atoms with Crippen LogP contribution in [0.5, 0.6) is 5.75 Å². The second-order valence-corrected chi connectivity index (χ2v) is 8.28. The first-order valence-corrected chi connectivity index (χ1v) is 11.6. The van der Waals surface area contributed by atoms with E-state index in [9.17, 15) is 9.59 Å². The van der Waals surface area contributed by atoms with Crippen LogP contribution >= 0.6 is 0 Å². The molecule has 1 aliphatic heterocycles. The van der Waals surface area contributed by atoms with Gasteiger partial charge in [0.25, 0.3) is 11.8 Å². The molecule has 6 nitrogen and oxygen atoms in total. The third-order valence-corrected chi connectivity index (χ3v) is 5.97. The molecule has 6 heteroatoms. The molecule has 1 aliphatic rings. The Hall–Kier alpha value is -3.54. The summed E-state index contributed by atoms with van der Waals surface area (Å²) in [4.78, 5) is 26.9. The summed E-state index contributed by atoms with van der Waals surface area (Å²) >= 11 is 0. The highest BCUT2D eigenvalue weighted by atomic mass is 16.5. The van der Waals surface area contributed by atoms with Gasteiger partial charge in [0.2, 0.25) is 0 Å². The van der Waals surface area contributed by atoms with E-state index in [1.54, 1.807) is 30.5 Å². The molecule has 0 aliphatic carbocycles. The van der Waals surface area contributed by atoms with Gasteiger partial charge in [0.05, 0.1) is 6.26 Å². The van der Waals surface area contributed by atoms with Gasteiger partial charge in [0.1, 0.15) is 11.5 Å². The molecule has 0 saturated carbocycles. The van der Waals surface area contributed by atoms with Crippen LogP contribution in [-0.4, -0.2) is 43.0 Å². The smallest absolute Gasteiger partial charge is 0.260 e. The number of rotatable bonds is 9. The van der Waals surface area contributed by atoms with Crippen LogP contribution in [0.1, 0.15) is 53.3 Å². The normalized spacial score (nSPS) is 14.5. The topological polar surface area (TPSA) is 71.8 Å². The van der Waals surface area contributed by atoms with Gasteiger partial charge in [-0.1, -0.05) is 36.4 Å². The lowest BCUT2D eigenvalue weighted by atomic mass is 9.93. The van der Waals surface area contributed by atoms with Crippen molar-refractivity contribution in [2.45, 2.75) is 31.6 Å².